The monoisotopic (exact) mass is 324 g/mol. The van der Waals surface area contributed by atoms with Crippen LogP contribution in [0.5, 0.6) is 0 Å². The highest BCUT2D eigenvalue weighted by molar-refractivity contribution is 9.10. The van der Waals surface area contributed by atoms with Crippen LogP contribution in [0.15, 0.2) is 40.9 Å². The second-order valence-electron chi connectivity index (χ2n) is 4.36. The van der Waals surface area contributed by atoms with Crippen molar-refractivity contribution in [3.8, 4) is 0 Å². The smallest absolute Gasteiger partial charge is 0.168 e. The van der Waals surface area contributed by atoms with E-state index in [1.165, 1.54) is 12.1 Å². The Labute approximate surface area is 118 Å². The fraction of sp³-hybridized carbons (Fsp3) is 0.133. The highest BCUT2D eigenvalue weighted by Crippen LogP contribution is 2.20. The molecule has 0 unspecified atom stereocenters. The lowest BCUT2D eigenvalue weighted by Crippen LogP contribution is -2.05. The molecule has 4 heteroatoms. The molecule has 0 heterocycles. The van der Waals surface area contributed by atoms with E-state index in [4.69, 9.17) is 0 Å². The van der Waals surface area contributed by atoms with Crippen molar-refractivity contribution in [1.29, 1.82) is 0 Å². The van der Waals surface area contributed by atoms with Crippen LogP contribution in [0, 0.1) is 18.6 Å². The summed E-state index contributed by atoms with van der Waals surface area (Å²) in [6.45, 7) is 1.92. The van der Waals surface area contributed by atoms with Crippen LogP contribution >= 0.6 is 15.9 Å². The molecule has 0 N–H and O–H groups in total. The minimum atomic E-state index is -0.675. The van der Waals surface area contributed by atoms with Gasteiger partial charge in [0.05, 0.1) is 0 Å². The van der Waals surface area contributed by atoms with Gasteiger partial charge in [0.1, 0.15) is 11.6 Å². The zero-order valence-corrected chi connectivity index (χ0v) is 11.8. The third-order valence-electron chi connectivity index (χ3n) is 2.71. The predicted octanol–water partition coefficient (Wildman–Crippen LogP) is 4.46. The molecule has 19 heavy (non-hydrogen) atoms. The summed E-state index contributed by atoms with van der Waals surface area (Å²) in [6.07, 6.45) is -0.0314. The van der Waals surface area contributed by atoms with Crippen LogP contribution in [0.3, 0.4) is 0 Å². The second kappa shape index (κ2) is 5.61. The molecule has 0 radical (unpaired) electrons. The van der Waals surface area contributed by atoms with Gasteiger partial charge in [0.15, 0.2) is 5.78 Å². The number of aryl methyl sites for hydroxylation is 1. The van der Waals surface area contributed by atoms with Crippen LogP contribution in [-0.2, 0) is 6.42 Å². The van der Waals surface area contributed by atoms with Crippen molar-refractivity contribution in [2.24, 2.45) is 0 Å². The Morgan fingerprint density at radius 2 is 1.74 bits per heavy atom. The summed E-state index contributed by atoms with van der Waals surface area (Å²) in [5.74, 6) is -1.53. The third kappa shape index (κ3) is 3.47. The second-order valence-corrected chi connectivity index (χ2v) is 5.22. The van der Waals surface area contributed by atoms with E-state index in [0.717, 1.165) is 11.6 Å². The molecular formula is C15H11BrF2O. The van der Waals surface area contributed by atoms with Gasteiger partial charge in [0.25, 0.3) is 0 Å². The van der Waals surface area contributed by atoms with Gasteiger partial charge in [-0.1, -0.05) is 22.0 Å². The van der Waals surface area contributed by atoms with Gasteiger partial charge in [-0.3, -0.25) is 4.79 Å². The van der Waals surface area contributed by atoms with E-state index in [9.17, 15) is 13.6 Å². The number of Topliss-reactive ketones (excluding diaryl/α,β-unsaturated/α-hetero) is 1. The first-order valence-corrected chi connectivity index (χ1v) is 6.49. The molecule has 98 valence electrons. The Hall–Kier alpha value is -1.55. The Balaban J connectivity index is 2.25. The van der Waals surface area contributed by atoms with Gasteiger partial charge < -0.3 is 0 Å². The van der Waals surface area contributed by atoms with Gasteiger partial charge in [-0.15, -0.1) is 0 Å². The van der Waals surface area contributed by atoms with Gasteiger partial charge in [0.2, 0.25) is 0 Å². The summed E-state index contributed by atoms with van der Waals surface area (Å²) in [5.41, 5.74) is 1.87. The van der Waals surface area contributed by atoms with Crippen LogP contribution in [0.25, 0.3) is 0 Å². The van der Waals surface area contributed by atoms with Crippen molar-refractivity contribution in [3.05, 3.63) is 69.2 Å². The molecule has 0 saturated carbocycles. The number of rotatable bonds is 3. The van der Waals surface area contributed by atoms with E-state index in [1.54, 1.807) is 6.07 Å². The zero-order chi connectivity index (χ0) is 14.0. The molecule has 0 amide bonds. The first-order chi connectivity index (χ1) is 8.95. The van der Waals surface area contributed by atoms with Crippen LogP contribution in [0.2, 0.25) is 0 Å². The zero-order valence-electron chi connectivity index (χ0n) is 10.2. The highest BCUT2D eigenvalue weighted by atomic mass is 79.9. The topological polar surface area (TPSA) is 17.1 Å². The molecule has 0 saturated heterocycles. The maximum atomic E-state index is 13.1. The maximum Gasteiger partial charge on any atom is 0.168 e. The van der Waals surface area contributed by atoms with E-state index >= 15 is 0 Å². The van der Waals surface area contributed by atoms with E-state index < -0.39 is 11.6 Å². The molecule has 0 fully saturated rings. The summed E-state index contributed by atoms with van der Waals surface area (Å²) < 4.78 is 26.8. The molecule has 0 aliphatic rings. The van der Waals surface area contributed by atoms with Gasteiger partial charge in [-0.05, 0) is 42.3 Å². The Kier molecular flexibility index (Phi) is 4.10. The molecule has 0 spiro atoms. The predicted molar refractivity (Wildman–Crippen MR) is 73.3 cm³/mol. The Morgan fingerprint density at radius 1 is 1.11 bits per heavy atom. The number of ketones is 1. The fourth-order valence-electron chi connectivity index (χ4n) is 1.84. The summed E-state index contributed by atoms with van der Waals surface area (Å²) in [4.78, 5) is 12.1. The Bertz CT molecular complexity index is 618. The number of benzene rings is 2. The molecule has 0 bridgehead atoms. The minimum Gasteiger partial charge on any atom is -0.294 e. The molecular weight excluding hydrogens is 314 g/mol. The lowest BCUT2D eigenvalue weighted by atomic mass is 10.0. The van der Waals surface area contributed by atoms with Crippen molar-refractivity contribution >= 4 is 21.7 Å². The van der Waals surface area contributed by atoms with Crippen molar-refractivity contribution in [3.63, 3.8) is 0 Å². The number of hydrogen-bond donors (Lipinski definition) is 0. The number of hydrogen-bond acceptors (Lipinski definition) is 1. The van der Waals surface area contributed by atoms with E-state index in [1.807, 2.05) is 19.1 Å². The lowest BCUT2D eigenvalue weighted by molar-refractivity contribution is 0.0992. The van der Waals surface area contributed by atoms with Crippen LogP contribution < -0.4 is 0 Å². The van der Waals surface area contributed by atoms with Crippen molar-refractivity contribution in [2.45, 2.75) is 13.3 Å². The summed E-state index contributed by atoms with van der Waals surface area (Å²) in [6, 6.07) is 8.49. The molecule has 2 aromatic rings. The molecule has 2 aromatic carbocycles. The minimum absolute atomic E-state index is 0.0314. The molecule has 0 aliphatic carbocycles. The van der Waals surface area contributed by atoms with Crippen LogP contribution in [0.1, 0.15) is 21.5 Å². The average molecular weight is 325 g/mol. The van der Waals surface area contributed by atoms with E-state index in [0.29, 0.717) is 15.6 Å². The first kappa shape index (κ1) is 13.9. The van der Waals surface area contributed by atoms with E-state index in [2.05, 4.69) is 15.9 Å². The van der Waals surface area contributed by atoms with Gasteiger partial charge in [-0.25, -0.2) is 8.78 Å². The maximum absolute atomic E-state index is 13.1. The van der Waals surface area contributed by atoms with Crippen molar-refractivity contribution in [2.75, 3.05) is 0 Å². The van der Waals surface area contributed by atoms with Crippen molar-refractivity contribution < 1.29 is 13.6 Å². The molecule has 0 aromatic heterocycles. The first-order valence-electron chi connectivity index (χ1n) is 5.70. The normalized spacial score (nSPS) is 10.5. The summed E-state index contributed by atoms with van der Waals surface area (Å²) in [7, 11) is 0. The molecule has 0 aliphatic heterocycles. The number of carbonyl (C=O) groups is 1. The third-order valence-corrected chi connectivity index (χ3v) is 3.37. The molecule has 2 rings (SSSR count). The quantitative estimate of drug-likeness (QED) is 0.762. The van der Waals surface area contributed by atoms with Crippen LogP contribution in [-0.4, -0.2) is 5.78 Å². The Morgan fingerprint density at radius 3 is 2.32 bits per heavy atom. The fourth-order valence-corrected chi connectivity index (χ4v) is 2.55. The SMILES string of the molecule is Cc1ccc(C(=O)Cc2cc(F)cc(F)c2)c(Br)c1. The van der Waals surface area contributed by atoms with Crippen molar-refractivity contribution in [1.82, 2.24) is 0 Å². The largest absolute Gasteiger partial charge is 0.294 e. The summed E-state index contributed by atoms with van der Waals surface area (Å²) in [5, 5.41) is 0. The standard InChI is InChI=1S/C15H11BrF2O/c1-9-2-3-13(14(16)4-9)15(19)7-10-5-11(17)8-12(18)6-10/h2-6,8H,7H2,1H3. The highest BCUT2D eigenvalue weighted by Gasteiger charge is 2.12. The van der Waals surface area contributed by atoms with Crippen LogP contribution in [0.4, 0.5) is 8.78 Å². The van der Waals surface area contributed by atoms with Gasteiger partial charge >= 0.3 is 0 Å². The van der Waals surface area contributed by atoms with Gasteiger partial charge in [-0.2, -0.15) is 0 Å². The average Bonchev–Trinajstić information content (AvgIpc) is 2.26. The molecule has 1 nitrogen and oxygen atoms in total. The summed E-state index contributed by atoms with van der Waals surface area (Å²) >= 11 is 3.32. The molecule has 0 atom stereocenters. The van der Waals surface area contributed by atoms with Gasteiger partial charge in [0, 0.05) is 22.5 Å². The lowest BCUT2D eigenvalue weighted by Gasteiger charge is -2.05. The number of carbonyl (C=O) groups excluding carboxylic acids is 1. The number of halogens is 3. The van der Waals surface area contributed by atoms with E-state index in [-0.39, 0.29) is 12.2 Å².